The maximum absolute atomic E-state index is 12.3. The Kier molecular flexibility index (Phi) is 8.51. The van der Waals surface area contributed by atoms with Crippen LogP contribution in [0.3, 0.4) is 0 Å². The van der Waals surface area contributed by atoms with Crippen LogP contribution in [-0.2, 0) is 22.4 Å². The van der Waals surface area contributed by atoms with Crippen molar-refractivity contribution in [2.45, 2.75) is 25.7 Å². The van der Waals surface area contributed by atoms with E-state index in [1.54, 1.807) is 0 Å². The summed E-state index contributed by atoms with van der Waals surface area (Å²) in [5.41, 5.74) is 1.89. The Balaban J connectivity index is 1.02. The first-order valence-corrected chi connectivity index (χ1v) is 14.0. The summed E-state index contributed by atoms with van der Waals surface area (Å²) < 4.78 is 5.87. The van der Waals surface area contributed by atoms with Gasteiger partial charge in [0.05, 0.1) is 19.4 Å². The van der Waals surface area contributed by atoms with Gasteiger partial charge in [-0.2, -0.15) is 0 Å². The predicted molar refractivity (Wildman–Crippen MR) is 148 cm³/mol. The molecule has 3 heterocycles. The van der Waals surface area contributed by atoms with E-state index in [2.05, 4.69) is 35.9 Å². The Morgan fingerprint density at radius 2 is 1.34 bits per heavy atom. The number of piperidine rings is 1. The Bertz CT molecular complexity index is 1340. The molecule has 0 radical (unpaired) electrons. The van der Waals surface area contributed by atoms with Gasteiger partial charge in [-0.25, -0.2) is 0 Å². The number of rotatable bonds is 10. The van der Waals surface area contributed by atoms with E-state index in [1.165, 1.54) is 22.7 Å². The van der Waals surface area contributed by atoms with Crippen LogP contribution in [0.15, 0.2) is 60.7 Å². The van der Waals surface area contributed by atoms with Crippen molar-refractivity contribution in [2.24, 2.45) is 5.92 Å². The molecule has 0 atom stereocenters. The molecule has 2 amide bonds. The van der Waals surface area contributed by atoms with Gasteiger partial charge in [0.25, 0.3) is 5.19 Å². The Morgan fingerprint density at radius 1 is 0.789 bits per heavy atom. The van der Waals surface area contributed by atoms with Crippen molar-refractivity contribution in [1.29, 1.82) is 0 Å². The Labute approximate surface area is 228 Å². The molecule has 0 spiro atoms. The molecule has 4 aromatic rings. The number of nitrogens with one attached hydrogen (secondary N) is 2. The second-order valence-electron chi connectivity index (χ2n) is 8.93. The highest BCUT2D eigenvalue weighted by Gasteiger charge is 2.23. The number of anilines is 3. The van der Waals surface area contributed by atoms with Crippen molar-refractivity contribution >= 4 is 49.9 Å². The maximum Gasteiger partial charge on any atom is 0.295 e. The first-order chi connectivity index (χ1) is 18.6. The molecular formula is C26H27N7O3S2. The van der Waals surface area contributed by atoms with Crippen LogP contribution in [0, 0.1) is 5.92 Å². The zero-order valence-corrected chi connectivity index (χ0v) is 22.2. The summed E-state index contributed by atoms with van der Waals surface area (Å²) in [7, 11) is 0. The molecule has 1 saturated heterocycles. The summed E-state index contributed by atoms with van der Waals surface area (Å²) in [5, 5.41) is 24.3. The van der Waals surface area contributed by atoms with Gasteiger partial charge >= 0.3 is 0 Å². The number of hydrogen-bond donors (Lipinski definition) is 2. The van der Waals surface area contributed by atoms with Crippen molar-refractivity contribution < 1.29 is 14.3 Å². The molecule has 196 valence electrons. The summed E-state index contributed by atoms with van der Waals surface area (Å²) in [6, 6.07) is 19.2. The highest BCUT2D eigenvalue weighted by atomic mass is 32.1. The lowest BCUT2D eigenvalue weighted by molar-refractivity contribution is -0.116. The highest BCUT2D eigenvalue weighted by molar-refractivity contribution is 7.19. The lowest BCUT2D eigenvalue weighted by atomic mass is 9.98. The van der Waals surface area contributed by atoms with Gasteiger partial charge in [0.15, 0.2) is 0 Å². The van der Waals surface area contributed by atoms with Crippen molar-refractivity contribution in [3.05, 3.63) is 71.8 Å². The zero-order valence-electron chi connectivity index (χ0n) is 20.6. The van der Waals surface area contributed by atoms with E-state index in [0.29, 0.717) is 34.4 Å². The topological polar surface area (TPSA) is 122 Å². The van der Waals surface area contributed by atoms with Crippen LogP contribution in [0.2, 0.25) is 0 Å². The molecule has 0 aliphatic carbocycles. The molecule has 1 aliphatic heterocycles. The summed E-state index contributed by atoms with van der Waals surface area (Å²) >= 11 is 2.61. The van der Waals surface area contributed by atoms with Crippen LogP contribution in [0.25, 0.3) is 0 Å². The number of aromatic nitrogens is 4. The fraction of sp³-hybridized carbons (Fsp3) is 0.308. The molecule has 0 bridgehead atoms. The van der Waals surface area contributed by atoms with E-state index in [1.807, 2.05) is 60.7 Å². The molecule has 1 fully saturated rings. The molecule has 1 aliphatic rings. The lowest BCUT2D eigenvalue weighted by Crippen LogP contribution is -2.35. The average Bonchev–Trinajstić information content (AvgIpc) is 3.58. The lowest BCUT2D eigenvalue weighted by Gasteiger charge is -2.30. The van der Waals surface area contributed by atoms with Crippen LogP contribution in [-0.4, -0.2) is 51.9 Å². The van der Waals surface area contributed by atoms with Crippen molar-refractivity contribution in [3.63, 3.8) is 0 Å². The fourth-order valence-electron chi connectivity index (χ4n) is 4.08. The van der Waals surface area contributed by atoms with Crippen LogP contribution >= 0.6 is 22.7 Å². The first-order valence-electron chi connectivity index (χ1n) is 12.3. The van der Waals surface area contributed by atoms with Gasteiger partial charge in [0.1, 0.15) is 0 Å². The Hall–Kier alpha value is -3.90. The van der Waals surface area contributed by atoms with Crippen LogP contribution in [0.4, 0.5) is 15.4 Å². The van der Waals surface area contributed by atoms with Crippen LogP contribution in [0.1, 0.15) is 24.0 Å². The van der Waals surface area contributed by atoms with E-state index in [-0.39, 0.29) is 18.2 Å². The zero-order chi connectivity index (χ0) is 26.2. The summed E-state index contributed by atoms with van der Waals surface area (Å²) in [6.45, 7) is 2.20. The Morgan fingerprint density at radius 3 is 1.95 bits per heavy atom. The molecule has 0 saturated carbocycles. The predicted octanol–water partition coefficient (Wildman–Crippen LogP) is 4.05. The quantitative estimate of drug-likeness (QED) is 0.304. The van der Waals surface area contributed by atoms with Gasteiger partial charge in [0, 0.05) is 13.1 Å². The van der Waals surface area contributed by atoms with Gasteiger partial charge in [0.2, 0.25) is 27.2 Å². The number of benzene rings is 2. The van der Waals surface area contributed by atoms with Crippen LogP contribution in [0.5, 0.6) is 5.19 Å². The largest absolute Gasteiger partial charge is 0.469 e. The minimum Gasteiger partial charge on any atom is -0.469 e. The van der Waals surface area contributed by atoms with Crippen molar-refractivity contribution in [3.8, 4) is 5.19 Å². The molecule has 12 heteroatoms. The van der Waals surface area contributed by atoms with E-state index < -0.39 is 0 Å². The summed E-state index contributed by atoms with van der Waals surface area (Å²) in [6.07, 6.45) is 2.46. The van der Waals surface area contributed by atoms with E-state index in [0.717, 1.165) is 42.2 Å². The normalized spacial score (nSPS) is 13.7. The monoisotopic (exact) mass is 549 g/mol. The number of hydrogen-bond acceptors (Lipinski definition) is 10. The number of carbonyl (C=O) groups excluding carboxylic acids is 2. The first kappa shape index (κ1) is 25.7. The standard InChI is InChI=1S/C26H27N7O3S2/c34-21(15-18-7-3-1-4-8-18)27-23-29-31-25(37-23)33-13-11-20(12-14-33)17-36-26-32-30-24(38-26)28-22(35)16-19-9-5-2-6-10-19/h1-10,20H,11-17H2,(H,27,29,34)(H,28,30,35). The minimum atomic E-state index is -0.137. The fourth-order valence-corrected chi connectivity index (χ4v) is 5.52. The average molecular weight is 550 g/mol. The van der Waals surface area contributed by atoms with Gasteiger partial charge in [-0.3, -0.25) is 9.59 Å². The second-order valence-corrected chi connectivity index (χ2v) is 10.8. The molecule has 10 nitrogen and oxygen atoms in total. The third-order valence-electron chi connectivity index (χ3n) is 6.06. The second kappa shape index (κ2) is 12.6. The number of nitrogens with zero attached hydrogens (tertiary/aromatic N) is 5. The van der Waals surface area contributed by atoms with Crippen molar-refractivity contribution in [2.75, 3.05) is 35.2 Å². The van der Waals surface area contributed by atoms with Gasteiger partial charge in [-0.1, -0.05) is 77.1 Å². The van der Waals surface area contributed by atoms with Crippen molar-refractivity contribution in [1.82, 2.24) is 20.4 Å². The maximum atomic E-state index is 12.3. The number of amides is 2. The molecule has 0 unspecified atom stereocenters. The van der Waals surface area contributed by atoms with Gasteiger partial charge in [-0.15, -0.1) is 15.3 Å². The van der Waals surface area contributed by atoms with E-state index in [4.69, 9.17) is 4.74 Å². The summed E-state index contributed by atoms with van der Waals surface area (Å²) in [4.78, 5) is 26.7. The molecule has 5 rings (SSSR count). The van der Waals surface area contributed by atoms with Gasteiger partial charge < -0.3 is 20.3 Å². The van der Waals surface area contributed by atoms with Gasteiger partial charge in [-0.05, 0) is 41.2 Å². The highest BCUT2D eigenvalue weighted by Crippen LogP contribution is 2.29. The third kappa shape index (κ3) is 7.33. The van der Waals surface area contributed by atoms with E-state index in [9.17, 15) is 9.59 Å². The third-order valence-corrected chi connectivity index (χ3v) is 7.71. The number of carbonyl (C=O) groups is 2. The van der Waals surface area contributed by atoms with Crippen LogP contribution < -0.4 is 20.3 Å². The molecule has 2 N–H and O–H groups in total. The SMILES string of the molecule is O=C(Cc1ccccc1)Nc1nnc(OCC2CCN(c3nnc(NC(=O)Cc4ccccc4)s3)CC2)s1. The smallest absolute Gasteiger partial charge is 0.295 e. The number of ether oxygens (including phenoxy) is 1. The van der Waals surface area contributed by atoms with E-state index >= 15 is 0 Å². The molecule has 2 aromatic carbocycles. The molecular weight excluding hydrogens is 522 g/mol. The minimum absolute atomic E-state index is 0.106. The molecule has 38 heavy (non-hydrogen) atoms. The molecule has 2 aromatic heterocycles. The summed E-state index contributed by atoms with van der Waals surface area (Å²) in [5.74, 6) is 0.136.